The van der Waals surface area contributed by atoms with Gasteiger partial charge in [-0.25, -0.2) is 4.39 Å². The van der Waals surface area contributed by atoms with Crippen molar-refractivity contribution in [2.75, 3.05) is 0 Å². The third-order valence-electron chi connectivity index (χ3n) is 4.72. The standard InChI is InChI=1S/C15H20FN/c16-14-3-1-2-12(8-14)15(17)9-13-7-10-4-5-11(13)6-10/h1-3,8,10-11,13,15H,4-7,9,17H2. The molecule has 3 rings (SSSR count). The van der Waals surface area contributed by atoms with Gasteiger partial charge in [-0.2, -0.15) is 0 Å². The summed E-state index contributed by atoms with van der Waals surface area (Å²) < 4.78 is 13.1. The van der Waals surface area contributed by atoms with Crippen LogP contribution in [0.3, 0.4) is 0 Å². The fraction of sp³-hybridized carbons (Fsp3) is 0.600. The van der Waals surface area contributed by atoms with Gasteiger partial charge in [0.15, 0.2) is 0 Å². The maximum absolute atomic E-state index is 13.1. The maximum atomic E-state index is 13.1. The molecule has 2 N–H and O–H groups in total. The third kappa shape index (κ3) is 2.23. The van der Waals surface area contributed by atoms with Crippen LogP contribution in [0.25, 0.3) is 0 Å². The third-order valence-corrected chi connectivity index (χ3v) is 4.72. The number of hydrogen-bond acceptors (Lipinski definition) is 1. The number of benzene rings is 1. The molecule has 0 aromatic heterocycles. The van der Waals surface area contributed by atoms with Crippen LogP contribution in [0.1, 0.15) is 43.7 Å². The predicted octanol–water partition coefficient (Wildman–Crippen LogP) is 3.65. The van der Waals surface area contributed by atoms with Gasteiger partial charge in [-0.1, -0.05) is 18.6 Å². The van der Waals surface area contributed by atoms with Gasteiger partial charge in [0.05, 0.1) is 0 Å². The monoisotopic (exact) mass is 233 g/mol. The summed E-state index contributed by atoms with van der Waals surface area (Å²) in [4.78, 5) is 0. The van der Waals surface area contributed by atoms with Crippen molar-refractivity contribution >= 4 is 0 Å². The fourth-order valence-electron chi connectivity index (χ4n) is 3.86. The Morgan fingerprint density at radius 1 is 1.29 bits per heavy atom. The van der Waals surface area contributed by atoms with Crippen LogP contribution in [0.15, 0.2) is 24.3 Å². The van der Waals surface area contributed by atoms with Crippen molar-refractivity contribution in [3.05, 3.63) is 35.6 Å². The molecule has 0 amide bonds. The van der Waals surface area contributed by atoms with Crippen LogP contribution in [0, 0.1) is 23.6 Å². The highest BCUT2D eigenvalue weighted by atomic mass is 19.1. The van der Waals surface area contributed by atoms with Crippen LogP contribution in [0.2, 0.25) is 0 Å². The van der Waals surface area contributed by atoms with Crippen LogP contribution >= 0.6 is 0 Å². The van der Waals surface area contributed by atoms with Crippen LogP contribution < -0.4 is 5.73 Å². The molecular formula is C15H20FN. The first kappa shape index (κ1) is 11.2. The Bertz CT molecular complexity index is 404. The van der Waals surface area contributed by atoms with Gasteiger partial charge in [0.2, 0.25) is 0 Å². The molecule has 0 spiro atoms. The molecule has 0 aliphatic heterocycles. The van der Waals surface area contributed by atoms with Crippen molar-refractivity contribution < 1.29 is 4.39 Å². The van der Waals surface area contributed by atoms with Gasteiger partial charge in [-0.3, -0.25) is 0 Å². The molecule has 0 saturated heterocycles. The molecule has 0 heterocycles. The number of rotatable bonds is 3. The lowest BCUT2D eigenvalue weighted by atomic mass is 9.83. The summed E-state index contributed by atoms with van der Waals surface area (Å²) in [5.41, 5.74) is 7.16. The molecule has 2 saturated carbocycles. The maximum Gasteiger partial charge on any atom is 0.123 e. The molecular weight excluding hydrogens is 213 g/mol. The van der Waals surface area contributed by atoms with Gasteiger partial charge >= 0.3 is 0 Å². The molecule has 92 valence electrons. The van der Waals surface area contributed by atoms with Crippen LogP contribution in [0.4, 0.5) is 4.39 Å². The van der Waals surface area contributed by atoms with E-state index in [0.29, 0.717) is 0 Å². The Labute approximate surface area is 102 Å². The Morgan fingerprint density at radius 2 is 2.18 bits per heavy atom. The minimum Gasteiger partial charge on any atom is -0.324 e. The average Bonchev–Trinajstić information content (AvgIpc) is 2.91. The van der Waals surface area contributed by atoms with E-state index in [9.17, 15) is 4.39 Å². The molecule has 1 nitrogen and oxygen atoms in total. The van der Waals surface area contributed by atoms with E-state index < -0.39 is 0 Å². The number of fused-ring (bicyclic) bond motifs is 2. The number of nitrogens with two attached hydrogens (primary N) is 1. The lowest BCUT2D eigenvalue weighted by molar-refractivity contribution is 0.296. The molecule has 1 aromatic carbocycles. The van der Waals surface area contributed by atoms with Gasteiger partial charge < -0.3 is 5.73 Å². The minimum atomic E-state index is -0.175. The first-order valence-corrected chi connectivity index (χ1v) is 6.73. The average molecular weight is 233 g/mol. The van der Waals surface area contributed by atoms with E-state index in [-0.39, 0.29) is 11.9 Å². The summed E-state index contributed by atoms with van der Waals surface area (Å²) in [6, 6.07) is 6.77. The summed E-state index contributed by atoms with van der Waals surface area (Å²) in [6.07, 6.45) is 6.63. The fourth-order valence-corrected chi connectivity index (χ4v) is 3.86. The second-order valence-electron chi connectivity index (χ2n) is 5.83. The van der Waals surface area contributed by atoms with Gasteiger partial charge in [-0.05, 0) is 61.1 Å². The lowest BCUT2D eigenvalue weighted by Crippen LogP contribution is -2.19. The largest absolute Gasteiger partial charge is 0.324 e. The smallest absolute Gasteiger partial charge is 0.123 e. The zero-order chi connectivity index (χ0) is 11.8. The minimum absolute atomic E-state index is 0.00931. The van der Waals surface area contributed by atoms with E-state index >= 15 is 0 Å². The SMILES string of the molecule is NC(CC1CC2CCC1C2)c1cccc(F)c1. The molecule has 0 radical (unpaired) electrons. The Hall–Kier alpha value is -0.890. The topological polar surface area (TPSA) is 26.0 Å². The molecule has 2 fully saturated rings. The van der Waals surface area contributed by atoms with Gasteiger partial charge in [0.25, 0.3) is 0 Å². The van der Waals surface area contributed by atoms with Gasteiger partial charge in [0, 0.05) is 6.04 Å². The van der Waals surface area contributed by atoms with E-state index in [0.717, 1.165) is 29.7 Å². The number of halogens is 1. The zero-order valence-electron chi connectivity index (χ0n) is 10.1. The molecule has 2 aliphatic rings. The lowest BCUT2D eigenvalue weighted by Gasteiger charge is -2.24. The van der Waals surface area contributed by atoms with E-state index in [4.69, 9.17) is 5.73 Å². The highest BCUT2D eigenvalue weighted by Crippen LogP contribution is 2.50. The van der Waals surface area contributed by atoms with Gasteiger partial charge in [0.1, 0.15) is 5.82 Å². The summed E-state index contributed by atoms with van der Waals surface area (Å²) in [5.74, 6) is 2.47. The highest BCUT2D eigenvalue weighted by Gasteiger charge is 2.39. The van der Waals surface area contributed by atoms with Crippen LogP contribution in [-0.4, -0.2) is 0 Å². The summed E-state index contributed by atoms with van der Waals surface area (Å²) in [6.45, 7) is 0. The summed E-state index contributed by atoms with van der Waals surface area (Å²) in [5, 5.41) is 0. The van der Waals surface area contributed by atoms with Gasteiger partial charge in [-0.15, -0.1) is 0 Å². The number of hydrogen-bond donors (Lipinski definition) is 1. The van der Waals surface area contributed by atoms with E-state index in [2.05, 4.69) is 0 Å². The second kappa shape index (κ2) is 4.41. The van der Waals surface area contributed by atoms with Crippen molar-refractivity contribution in [1.29, 1.82) is 0 Å². The van der Waals surface area contributed by atoms with Crippen molar-refractivity contribution in [2.24, 2.45) is 23.5 Å². The molecule has 2 heteroatoms. The Morgan fingerprint density at radius 3 is 2.82 bits per heavy atom. The quantitative estimate of drug-likeness (QED) is 0.847. The second-order valence-corrected chi connectivity index (χ2v) is 5.83. The first-order valence-electron chi connectivity index (χ1n) is 6.73. The normalized spacial score (nSPS) is 32.9. The molecule has 2 aliphatic carbocycles. The van der Waals surface area contributed by atoms with E-state index in [1.165, 1.54) is 31.7 Å². The molecule has 4 atom stereocenters. The zero-order valence-corrected chi connectivity index (χ0v) is 10.1. The van der Waals surface area contributed by atoms with Crippen molar-refractivity contribution in [3.63, 3.8) is 0 Å². The van der Waals surface area contributed by atoms with Crippen molar-refractivity contribution in [2.45, 2.75) is 38.1 Å². The van der Waals surface area contributed by atoms with Crippen LogP contribution in [0.5, 0.6) is 0 Å². The molecule has 2 bridgehead atoms. The van der Waals surface area contributed by atoms with Crippen molar-refractivity contribution in [3.8, 4) is 0 Å². The molecule has 17 heavy (non-hydrogen) atoms. The molecule has 4 unspecified atom stereocenters. The van der Waals surface area contributed by atoms with Crippen molar-refractivity contribution in [1.82, 2.24) is 0 Å². The highest BCUT2D eigenvalue weighted by molar-refractivity contribution is 5.20. The summed E-state index contributed by atoms with van der Waals surface area (Å²) in [7, 11) is 0. The Kier molecular flexibility index (Phi) is 2.91. The predicted molar refractivity (Wildman–Crippen MR) is 66.9 cm³/mol. The van der Waals surface area contributed by atoms with Crippen LogP contribution in [-0.2, 0) is 0 Å². The Balaban J connectivity index is 1.65. The van der Waals surface area contributed by atoms with E-state index in [1.54, 1.807) is 12.1 Å². The first-order chi connectivity index (χ1) is 8.22. The van der Waals surface area contributed by atoms with E-state index in [1.807, 2.05) is 6.07 Å². The molecule has 1 aromatic rings. The summed E-state index contributed by atoms with van der Waals surface area (Å²) >= 11 is 0.